The maximum Gasteiger partial charge on any atom is 0.326 e. The van der Waals surface area contributed by atoms with Gasteiger partial charge in [0, 0.05) is 23.2 Å². The van der Waals surface area contributed by atoms with Gasteiger partial charge in [-0.2, -0.15) is 0 Å². The number of hydrogen-bond donors (Lipinski definition) is 5. The average molecular weight is 576 g/mol. The van der Waals surface area contributed by atoms with Crippen molar-refractivity contribution < 1.29 is 53.9 Å². The number of carbonyl (C=O) groups is 6. The number of carbonyl (C=O) groups excluding carboxylic acids is 4. The van der Waals surface area contributed by atoms with Gasteiger partial charge in [0.05, 0.1) is 18.9 Å². The van der Waals surface area contributed by atoms with Gasteiger partial charge < -0.3 is 30.5 Å². The van der Waals surface area contributed by atoms with E-state index in [4.69, 9.17) is 14.9 Å². The molecular formula is C29H37NO11. The Kier molecular flexibility index (Phi) is 8.30. The predicted octanol–water partition coefficient (Wildman–Crippen LogP) is 0.933. The molecule has 224 valence electrons. The number of allylic oxidation sites excluding steroid dienone is 4. The molecule has 0 saturated heterocycles. The van der Waals surface area contributed by atoms with Gasteiger partial charge in [0.15, 0.2) is 12.4 Å². The summed E-state index contributed by atoms with van der Waals surface area (Å²) < 4.78 is 5.05. The lowest BCUT2D eigenvalue weighted by Crippen LogP contribution is -2.61. The number of carboxylic acids is 2. The van der Waals surface area contributed by atoms with Crippen molar-refractivity contribution >= 4 is 35.4 Å². The van der Waals surface area contributed by atoms with Crippen molar-refractivity contribution in [3.05, 3.63) is 23.8 Å². The highest BCUT2D eigenvalue weighted by Crippen LogP contribution is 2.67. The first-order valence-electron chi connectivity index (χ1n) is 13.9. The Morgan fingerprint density at radius 3 is 2.49 bits per heavy atom. The number of aliphatic carboxylic acids is 2. The standard InChI is InChI=1S/C29H37NO11/c1-27-9-7-16(31)11-15(27)3-4-17-18-8-10-29(40,28(18,2)13-20(32)25(17)27)21(33)14-41-24(37)6-5-22(34)30-19(26(38)39)12-23(35)36/h7,9,11,17-20,25,32,40H,3-6,8,10,12-14H2,1-2H3,(H,30,34)(H,35,36)(H,38,39)/t17-,18+,19-,20-,25-,27-,28-,29-/m0/s1. The van der Waals surface area contributed by atoms with Crippen LogP contribution in [-0.2, 0) is 33.5 Å². The summed E-state index contributed by atoms with van der Waals surface area (Å²) in [5.74, 6) is -5.70. The van der Waals surface area contributed by atoms with Gasteiger partial charge in [-0.05, 0) is 56.1 Å². The molecule has 0 aromatic heterocycles. The number of fused-ring (bicyclic) bond motifs is 5. The Bertz CT molecular complexity index is 1220. The monoisotopic (exact) mass is 575 g/mol. The van der Waals surface area contributed by atoms with Crippen LogP contribution in [0.4, 0.5) is 0 Å². The smallest absolute Gasteiger partial charge is 0.326 e. The molecule has 1 amide bonds. The third kappa shape index (κ3) is 5.46. The van der Waals surface area contributed by atoms with E-state index in [1.54, 1.807) is 19.1 Å². The maximum absolute atomic E-state index is 13.3. The van der Waals surface area contributed by atoms with E-state index in [0.717, 1.165) is 12.0 Å². The summed E-state index contributed by atoms with van der Waals surface area (Å²) in [6, 6.07) is -1.65. The number of Topliss-reactive ketones (excluding diaryl/α,β-unsaturated/α-hetero) is 1. The Balaban J connectivity index is 1.37. The van der Waals surface area contributed by atoms with Crippen LogP contribution in [0.5, 0.6) is 0 Å². The van der Waals surface area contributed by atoms with Crippen LogP contribution in [0, 0.1) is 28.6 Å². The molecular weight excluding hydrogens is 538 g/mol. The van der Waals surface area contributed by atoms with E-state index in [-0.39, 0.29) is 36.4 Å². The average Bonchev–Trinajstić information content (AvgIpc) is 3.16. The number of amides is 1. The maximum atomic E-state index is 13.3. The highest BCUT2D eigenvalue weighted by molar-refractivity contribution is 6.01. The molecule has 0 spiro atoms. The Labute approximate surface area is 236 Å². The van der Waals surface area contributed by atoms with Gasteiger partial charge >= 0.3 is 17.9 Å². The SMILES string of the molecule is C[C@]12C=CC(=O)C=C1CC[C@@H]1[C@H]2[C@@H](O)C[C@@]2(C)[C@@H]1CC[C@]2(O)C(=O)COC(=O)CCC(=O)N[C@@H](CC(=O)O)C(=O)O. The van der Waals surface area contributed by atoms with Gasteiger partial charge in [0.2, 0.25) is 11.7 Å². The number of esters is 1. The van der Waals surface area contributed by atoms with Crippen molar-refractivity contribution in [2.75, 3.05) is 6.61 Å². The zero-order valence-electron chi connectivity index (χ0n) is 23.1. The Hall–Kier alpha value is -3.38. The number of aliphatic hydroxyl groups is 2. The van der Waals surface area contributed by atoms with Crippen molar-refractivity contribution in [3.63, 3.8) is 0 Å². The topological polar surface area (TPSA) is 205 Å². The van der Waals surface area contributed by atoms with Gasteiger partial charge in [0.25, 0.3) is 0 Å². The second-order valence-corrected chi connectivity index (χ2v) is 12.3. The summed E-state index contributed by atoms with van der Waals surface area (Å²) in [6.45, 7) is 3.11. The van der Waals surface area contributed by atoms with E-state index in [0.29, 0.717) is 12.8 Å². The highest BCUT2D eigenvalue weighted by atomic mass is 16.5. The number of nitrogens with one attached hydrogen (secondary N) is 1. The number of ketones is 2. The highest BCUT2D eigenvalue weighted by Gasteiger charge is 2.68. The van der Waals surface area contributed by atoms with Crippen LogP contribution in [0.1, 0.15) is 65.2 Å². The molecule has 0 radical (unpaired) electrons. The Morgan fingerprint density at radius 2 is 1.83 bits per heavy atom. The lowest BCUT2D eigenvalue weighted by Gasteiger charge is -2.59. The van der Waals surface area contributed by atoms with Gasteiger partial charge in [-0.15, -0.1) is 0 Å². The van der Waals surface area contributed by atoms with Gasteiger partial charge in [-0.25, -0.2) is 4.79 Å². The van der Waals surface area contributed by atoms with Crippen LogP contribution in [0.15, 0.2) is 23.8 Å². The molecule has 3 fully saturated rings. The van der Waals surface area contributed by atoms with Crippen molar-refractivity contribution in [3.8, 4) is 0 Å². The second-order valence-electron chi connectivity index (χ2n) is 12.3. The lowest BCUT2D eigenvalue weighted by atomic mass is 9.46. The second kappa shape index (κ2) is 11.1. The molecule has 0 heterocycles. The van der Waals surface area contributed by atoms with Crippen LogP contribution in [-0.4, -0.2) is 80.2 Å². The summed E-state index contributed by atoms with van der Waals surface area (Å²) in [6.07, 6.45) is 4.74. The molecule has 4 aliphatic rings. The summed E-state index contributed by atoms with van der Waals surface area (Å²) in [5.41, 5.74) is -2.28. The molecule has 12 heteroatoms. The zero-order valence-corrected chi connectivity index (χ0v) is 23.1. The minimum absolute atomic E-state index is 0.0161. The number of hydrogen-bond acceptors (Lipinski definition) is 9. The number of carboxylic acid groups (broad SMARTS) is 2. The number of ether oxygens (including phenoxy) is 1. The molecule has 0 aliphatic heterocycles. The van der Waals surface area contributed by atoms with Crippen LogP contribution in [0.3, 0.4) is 0 Å². The molecule has 0 unspecified atom stereocenters. The summed E-state index contributed by atoms with van der Waals surface area (Å²) >= 11 is 0. The van der Waals surface area contributed by atoms with Crippen molar-refractivity contribution in [1.82, 2.24) is 5.32 Å². The quantitative estimate of drug-likeness (QED) is 0.232. The molecule has 8 atom stereocenters. The van der Waals surface area contributed by atoms with E-state index >= 15 is 0 Å². The fraction of sp³-hybridized carbons (Fsp3) is 0.655. The molecule has 4 rings (SSSR count). The molecule has 3 saturated carbocycles. The first-order valence-corrected chi connectivity index (χ1v) is 13.9. The van der Waals surface area contributed by atoms with E-state index < -0.39 is 84.0 Å². The molecule has 4 aliphatic carbocycles. The zero-order chi connectivity index (χ0) is 30.3. The van der Waals surface area contributed by atoms with Crippen molar-refractivity contribution in [2.24, 2.45) is 28.6 Å². The molecule has 5 N–H and O–H groups in total. The van der Waals surface area contributed by atoms with Crippen molar-refractivity contribution in [2.45, 2.75) is 83.0 Å². The van der Waals surface area contributed by atoms with E-state index in [1.807, 2.05) is 18.3 Å². The third-order valence-corrected chi connectivity index (χ3v) is 10.0. The van der Waals surface area contributed by atoms with E-state index in [2.05, 4.69) is 0 Å². The molecule has 0 bridgehead atoms. The summed E-state index contributed by atoms with van der Waals surface area (Å²) in [5, 5.41) is 42.9. The third-order valence-electron chi connectivity index (χ3n) is 10.0. The van der Waals surface area contributed by atoms with Crippen LogP contribution >= 0.6 is 0 Å². The van der Waals surface area contributed by atoms with Gasteiger partial charge in [-0.1, -0.05) is 25.5 Å². The van der Waals surface area contributed by atoms with E-state index in [1.165, 1.54) is 0 Å². The van der Waals surface area contributed by atoms with Crippen LogP contribution in [0.2, 0.25) is 0 Å². The fourth-order valence-electron chi connectivity index (χ4n) is 7.98. The minimum atomic E-state index is -1.83. The largest absolute Gasteiger partial charge is 0.481 e. The summed E-state index contributed by atoms with van der Waals surface area (Å²) in [4.78, 5) is 71.4. The van der Waals surface area contributed by atoms with Crippen molar-refractivity contribution in [1.29, 1.82) is 0 Å². The normalized spacial score (nSPS) is 36.2. The van der Waals surface area contributed by atoms with Crippen LogP contribution in [0.25, 0.3) is 0 Å². The Morgan fingerprint density at radius 1 is 1.12 bits per heavy atom. The molecule has 0 aromatic carbocycles. The first-order chi connectivity index (χ1) is 19.1. The molecule has 0 aromatic rings. The molecule has 12 nitrogen and oxygen atoms in total. The van der Waals surface area contributed by atoms with Gasteiger partial charge in [0.1, 0.15) is 11.6 Å². The number of aliphatic hydroxyl groups excluding tert-OH is 1. The number of rotatable bonds is 10. The molecule has 41 heavy (non-hydrogen) atoms. The predicted molar refractivity (Wildman–Crippen MR) is 140 cm³/mol. The summed E-state index contributed by atoms with van der Waals surface area (Å²) in [7, 11) is 0. The van der Waals surface area contributed by atoms with E-state index in [9.17, 15) is 39.0 Å². The first kappa shape index (κ1) is 30.6. The van der Waals surface area contributed by atoms with Crippen LogP contribution < -0.4 is 5.32 Å². The fourth-order valence-corrected chi connectivity index (χ4v) is 7.98. The lowest BCUT2D eigenvalue weighted by molar-refractivity contribution is -0.181. The van der Waals surface area contributed by atoms with Gasteiger partial charge in [-0.3, -0.25) is 24.0 Å². The minimum Gasteiger partial charge on any atom is -0.481 e.